The van der Waals surface area contributed by atoms with Crippen LogP contribution in [0.3, 0.4) is 0 Å². The maximum Gasteiger partial charge on any atom is 0.120 e. The lowest BCUT2D eigenvalue weighted by Crippen LogP contribution is -2.36. The van der Waals surface area contributed by atoms with Crippen LogP contribution in [0, 0.1) is 12.8 Å². The number of aromatic hydroxyl groups is 1. The third-order valence-electron chi connectivity index (χ3n) is 3.62. The van der Waals surface area contributed by atoms with E-state index in [2.05, 4.69) is 56.8 Å². The van der Waals surface area contributed by atoms with E-state index in [9.17, 15) is 5.11 Å². The Morgan fingerprint density at radius 3 is 2.25 bits per heavy atom. The Hall–Kier alpha value is -1.06. The van der Waals surface area contributed by atoms with Gasteiger partial charge in [-0.05, 0) is 45.5 Å². The van der Waals surface area contributed by atoms with E-state index in [0.29, 0.717) is 11.7 Å². The number of hydrogen-bond donors (Lipinski definition) is 1. The summed E-state index contributed by atoms with van der Waals surface area (Å²) in [5.41, 5.74) is 2.12. The Kier molecular flexibility index (Phi) is 6.50. The maximum atomic E-state index is 10.2. The molecule has 0 saturated carbocycles. The largest absolute Gasteiger partial charge is 0.508 e. The first-order valence-electron chi connectivity index (χ1n) is 7.49. The highest BCUT2D eigenvalue weighted by molar-refractivity contribution is 5.37. The minimum atomic E-state index is 0.234. The molecule has 0 fully saturated rings. The van der Waals surface area contributed by atoms with Crippen molar-refractivity contribution in [3.8, 4) is 5.75 Å². The van der Waals surface area contributed by atoms with Gasteiger partial charge in [0.15, 0.2) is 0 Å². The van der Waals surface area contributed by atoms with Crippen molar-refractivity contribution in [1.29, 1.82) is 0 Å². The molecule has 1 N–H and O–H groups in total. The maximum absolute atomic E-state index is 10.2. The molecule has 1 aromatic rings. The molecule has 0 spiro atoms. The van der Waals surface area contributed by atoms with E-state index in [-0.39, 0.29) is 6.04 Å². The normalized spacial score (nSPS) is 13.4. The first-order chi connectivity index (χ1) is 9.31. The van der Waals surface area contributed by atoms with E-state index >= 15 is 0 Å². The molecule has 0 radical (unpaired) electrons. The minimum absolute atomic E-state index is 0.234. The highest BCUT2D eigenvalue weighted by atomic mass is 16.3. The molecule has 1 atom stereocenters. The standard InChI is InChI=1S/C17H30N2O/c1-13(2)12-19(10-9-18(5)6)15(4)16-8-7-14(3)11-17(16)20/h7-8,11,13,15,20H,9-10,12H2,1-6H3. The number of benzene rings is 1. The van der Waals surface area contributed by atoms with Gasteiger partial charge < -0.3 is 10.0 Å². The zero-order valence-corrected chi connectivity index (χ0v) is 13.8. The van der Waals surface area contributed by atoms with Crippen LogP contribution in [0.2, 0.25) is 0 Å². The molecular weight excluding hydrogens is 248 g/mol. The van der Waals surface area contributed by atoms with Gasteiger partial charge >= 0.3 is 0 Å². The molecule has 1 unspecified atom stereocenters. The average molecular weight is 278 g/mol. The first-order valence-corrected chi connectivity index (χ1v) is 7.49. The Balaban J connectivity index is 2.87. The van der Waals surface area contributed by atoms with Crippen LogP contribution in [-0.2, 0) is 0 Å². The molecule has 3 heteroatoms. The quantitative estimate of drug-likeness (QED) is 0.829. The van der Waals surface area contributed by atoms with Crippen LogP contribution >= 0.6 is 0 Å². The van der Waals surface area contributed by atoms with E-state index in [1.165, 1.54) is 0 Å². The first kappa shape index (κ1) is 17.0. The number of rotatable bonds is 7. The molecule has 0 aliphatic rings. The third-order valence-corrected chi connectivity index (χ3v) is 3.62. The van der Waals surface area contributed by atoms with Gasteiger partial charge in [0.25, 0.3) is 0 Å². The van der Waals surface area contributed by atoms with Crippen molar-refractivity contribution in [2.75, 3.05) is 33.7 Å². The van der Waals surface area contributed by atoms with Crippen molar-refractivity contribution < 1.29 is 5.11 Å². The van der Waals surface area contributed by atoms with Gasteiger partial charge in [-0.25, -0.2) is 0 Å². The summed E-state index contributed by atoms with van der Waals surface area (Å²) in [5, 5.41) is 10.2. The Labute approximate surface area is 124 Å². The van der Waals surface area contributed by atoms with E-state index in [1.807, 2.05) is 13.0 Å². The lowest BCUT2D eigenvalue weighted by Gasteiger charge is -2.32. The van der Waals surface area contributed by atoms with Crippen molar-refractivity contribution in [2.24, 2.45) is 5.92 Å². The van der Waals surface area contributed by atoms with Crippen LogP contribution < -0.4 is 0 Å². The fraction of sp³-hybridized carbons (Fsp3) is 0.647. The molecule has 0 amide bonds. The van der Waals surface area contributed by atoms with Crippen LogP contribution in [0.5, 0.6) is 5.75 Å². The molecule has 0 aliphatic carbocycles. The molecule has 0 bridgehead atoms. The van der Waals surface area contributed by atoms with Crippen molar-refractivity contribution in [3.63, 3.8) is 0 Å². The van der Waals surface area contributed by atoms with Gasteiger partial charge in [0, 0.05) is 31.2 Å². The fourth-order valence-corrected chi connectivity index (χ4v) is 2.44. The monoisotopic (exact) mass is 278 g/mol. The van der Waals surface area contributed by atoms with Crippen molar-refractivity contribution >= 4 is 0 Å². The van der Waals surface area contributed by atoms with Crippen LogP contribution in [0.25, 0.3) is 0 Å². The van der Waals surface area contributed by atoms with Crippen molar-refractivity contribution in [2.45, 2.75) is 33.7 Å². The number of aryl methyl sites for hydroxylation is 1. The van der Waals surface area contributed by atoms with Crippen molar-refractivity contribution in [1.82, 2.24) is 9.80 Å². The molecule has 0 saturated heterocycles. The summed E-state index contributed by atoms with van der Waals surface area (Å²) >= 11 is 0. The third kappa shape index (κ3) is 5.14. The Bertz CT molecular complexity index is 415. The number of hydrogen-bond acceptors (Lipinski definition) is 3. The predicted molar refractivity (Wildman–Crippen MR) is 86.2 cm³/mol. The summed E-state index contributed by atoms with van der Waals surface area (Å²) in [7, 11) is 4.20. The number of nitrogens with zero attached hydrogens (tertiary/aromatic N) is 2. The molecule has 114 valence electrons. The average Bonchev–Trinajstić information content (AvgIpc) is 2.33. The van der Waals surface area contributed by atoms with Gasteiger partial charge in [-0.15, -0.1) is 0 Å². The summed E-state index contributed by atoms with van der Waals surface area (Å²) in [5.74, 6) is 1.03. The van der Waals surface area contributed by atoms with Gasteiger partial charge in [0.05, 0.1) is 0 Å². The summed E-state index contributed by atoms with van der Waals surface area (Å²) in [6.45, 7) is 11.8. The van der Waals surface area contributed by atoms with Gasteiger partial charge in [-0.3, -0.25) is 4.90 Å². The van der Waals surface area contributed by atoms with Crippen molar-refractivity contribution in [3.05, 3.63) is 29.3 Å². The van der Waals surface area contributed by atoms with Gasteiger partial charge in [-0.1, -0.05) is 26.0 Å². The second-order valence-electron chi connectivity index (χ2n) is 6.43. The highest BCUT2D eigenvalue weighted by Crippen LogP contribution is 2.29. The lowest BCUT2D eigenvalue weighted by molar-refractivity contribution is 0.168. The summed E-state index contributed by atoms with van der Waals surface area (Å²) in [4.78, 5) is 4.66. The molecule has 1 aromatic carbocycles. The number of phenols is 1. The summed E-state index contributed by atoms with van der Waals surface area (Å²) in [6, 6.07) is 6.22. The second kappa shape index (κ2) is 7.65. The predicted octanol–water partition coefficient (Wildman–Crippen LogP) is 3.28. The van der Waals surface area contributed by atoms with E-state index < -0.39 is 0 Å². The second-order valence-corrected chi connectivity index (χ2v) is 6.43. The van der Waals surface area contributed by atoms with E-state index in [1.54, 1.807) is 0 Å². The number of likely N-dealkylation sites (N-methyl/N-ethyl adjacent to an activating group) is 1. The van der Waals surface area contributed by atoms with E-state index in [4.69, 9.17) is 0 Å². The smallest absolute Gasteiger partial charge is 0.120 e. The van der Waals surface area contributed by atoms with Gasteiger partial charge in [0.1, 0.15) is 5.75 Å². The molecular formula is C17H30N2O. The van der Waals surface area contributed by atoms with Gasteiger partial charge in [-0.2, -0.15) is 0 Å². The molecule has 0 aromatic heterocycles. The van der Waals surface area contributed by atoms with Crippen LogP contribution in [0.1, 0.15) is 37.9 Å². The zero-order chi connectivity index (χ0) is 15.3. The molecule has 3 nitrogen and oxygen atoms in total. The number of phenolic OH excluding ortho intramolecular Hbond substituents is 1. The highest BCUT2D eigenvalue weighted by Gasteiger charge is 2.19. The summed E-state index contributed by atoms with van der Waals surface area (Å²) in [6.07, 6.45) is 0. The fourth-order valence-electron chi connectivity index (χ4n) is 2.44. The Morgan fingerprint density at radius 1 is 1.10 bits per heavy atom. The van der Waals surface area contributed by atoms with Crippen LogP contribution in [0.4, 0.5) is 0 Å². The molecule has 1 rings (SSSR count). The zero-order valence-electron chi connectivity index (χ0n) is 13.8. The Morgan fingerprint density at radius 2 is 1.75 bits per heavy atom. The minimum Gasteiger partial charge on any atom is -0.508 e. The SMILES string of the molecule is Cc1ccc(C(C)N(CCN(C)C)CC(C)C)c(O)c1. The van der Waals surface area contributed by atoms with E-state index in [0.717, 1.165) is 30.8 Å². The topological polar surface area (TPSA) is 26.7 Å². The van der Waals surface area contributed by atoms with Crippen LogP contribution in [0.15, 0.2) is 18.2 Å². The lowest BCUT2D eigenvalue weighted by atomic mass is 10.0. The van der Waals surface area contributed by atoms with Gasteiger partial charge in [0.2, 0.25) is 0 Å². The van der Waals surface area contributed by atoms with Crippen LogP contribution in [-0.4, -0.2) is 48.6 Å². The summed E-state index contributed by atoms with van der Waals surface area (Å²) < 4.78 is 0. The molecule has 0 aliphatic heterocycles. The molecule has 0 heterocycles. The molecule has 20 heavy (non-hydrogen) atoms.